The smallest absolute Gasteiger partial charge is 0.161 e. The van der Waals surface area contributed by atoms with Crippen LogP contribution in [0.1, 0.15) is 57.9 Å². The van der Waals surface area contributed by atoms with E-state index < -0.39 is 0 Å². The van der Waals surface area contributed by atoms with E-state index in [4.69, 9.17) is 9.47 Å². The zero-order valence-corrected chi connectivity index (χ0v) is 15.6. The molecule has 0 bridgehead atoms. The average Bonchev–Trinajstić information content (AvgIpc) is 2.60. The first-order valence-corrected chi connectivity index (χ1v) is 9.37. The van der Waals surface area contributed by atoms with Crippen LogP contribution in [0.4, 0.5) is 0 Å². The number of rotatable bonds is 10. The van der Waals surface area contributed by atoms with E-state index in [0.29, 0.717) is 5.92 Å². The van der Waals surface area contributed by atoms with Gasteiger partial charge in [-0.3, -0.25) is 0 Å². The lowest BCUT2D eigenvalue weighted by molar-refractivity contribution is 0.273. The van der Waals surface area contributed by atoms with Crippen molar-refractivity contribution in [3.05, 3.63) is 35.4 Å². The zero-order chi connectivity index (χ0) is 17.2. The molecule has 0 heterocycles. The zero-order valence-electron chi connectivity index (χ0n) is 15.6. The number of allylic oxidation sites excluding steroid dienone is 1. The van der Waals surface area contributed by atoms with E-state index in [1.807, 2.05) is 6.07 Å². The van der Waals surface area contributed by atoms with Gasteiger partial charge in [0, 0.05) is 6.54 Å². The molecule has 0 amide bonds. The highest BCUT2D eigenvalue weighted by Gasteiger charge is 2.07. The molecule has 1 aliphatic rings. The van der Waals surface area contributed by atoms with Crippen LogP contribution < -0.4 is 14.8 Å². The number of hydrogen-bond acceptors (Lipinski definition) is 3. The second-order valence-corrected chi connectivity index (χ2v) is 7.05. The molecule has 1 aromatic carbocycles. The maximum atomic E-state index is 5.85. The van der Waals surface area contributed by atoms with Crippen molar-refractivity contribution in [2.45, 2.75) is 58.9 Å². The Labute approximate surface area is 147 Å². The van der Waals surface area contributed by atoms with Crippen LogP contribution in [0.15, 0.2) is 29.8 Å². The predicted octanol–water partition coefficient (Wildman–Crippen LogP) is 5.10. The third-order valence-electron chi connectivity index (χ3n) is 4.52. The van der Waals surface area contributed by atoms with Gasteiger partial charge in [-0.15, -0.1) is 0 Å². The summed E-state index contributed by atoms with van der Waals surface area (Å²) in [6.45, 7) is 7.06. The Hall–Kier alpha value is -1.48. The van der Waals surface area contributed by atoms with Crippen LogP contribution in [0, 0.1) is 5.92 Å². The minimum Gasteiger partial charge on any atom is -0.493 e. The van der Waals surface area contributed by atoms with E-state index in [9.17, 15) is 0 Å². The highest BCUT2D eigenvalue weighted by Crippen LogP contribution is 2.28. The van der Waals surface area contributed by atoms with E-state index in [1.165, 1.54) is 37.7 Å². The van der Waals surface area contributed by atoms with Gasteiger partial charge in [0.1, 0.15) is 0 Å². The van der Waals surface area contributed by atoms with Crippen LogP contribution >= 0.6 is 0 Å². The van der Waals surface area contributed by atoms with E-state index in [2.05, 4.69) is 37.4 Å². The summed E-state index contributed by atoms with van der Waals surface area (Å²) < 4.78 is 11.3. The van der Waals surface area contributed by atoms with Gasteiger partial charge in [-0.2, -0.15) is 0 Å². The molecule has 0 aliphatic heterocycles. The summed E-state index contributed by atoms with van der Waals surface area (Å²) in [6, 6.07) is 6.23. The lowest BCUT2D eigenvalue weighted by Crippen LogP contribution is -2.15. The highest BCUT2D eigenvalue weighted by molar-refractivity contribution is 5.42. The topological polar surface area (TPSA) is 30.5 Å². The standard InChI is InChI=1S/C21H33NO2/c1-17(2)12-14-24-20-10-9-19(15-21(20)23-3)16-22-13-11-18-7-5-4-6-8-18/h7,9-10,15,17,22H,4-6,8,11-14,16H2,1-3H3. The molecule has 0 aromatic heterocycles. The van der Waals surface area contributed by atoms with Gasteiger partial charge < -0.3 is 14.8 Å². The number of ether oxygens (including phenoxy) is 2. The highest BCUT2D eigenvalue weighted by atomic mass is 16.5. The molecule has 0 saturated heterocycles. The normalized spacial score (nSPS) is 14.6. The Bertz CT molecular complexity index is 523. The minimum atomic E-state index is 0.652. The summed E-state index contributed by atoms with van der Waals surface area (Å²) in [4.78, 5) is 0. The van der Waals surface area contributed by atoms with Crippen molar-refractivity contribution in [1.29, 1.82) is 0 Å². The molecular formula is C21H33NO2. The van der Waals surface area contributed by atoms with Crippen LogP contribution in [-0.2, 0) is 6.54 Å². The summed E-state index contributed by atoms with van der Waals surface area (Å²) in [6.07, 6.45) is 9.94. The van der Waals surface area contributed by atoms with Crippen molar-refractivity contribution in [3.8, 4) is 11.5 Å². The molecule has 134 valence electrons. The first-order valence-electron chi connectivity index (χ1n) is 9.37. The Balaban J connectivity index is 1.77. The van der Waals surface area contributed by atoms with Gasteiger partial charge in [-0.1, -0.05) is 31.6 Å². The van der Waals surface area contributed by atoms with Gasteiger partial charge in [-0.05, 0) is 68.7 Å². The van der Waals surface area contributed by atoms with Crippen LogP contribution in [0.25, 0.3) is 0 Å². The van der Waals surface area contributed by atoms with Crippen molar-refractivity contribution in [2.75, 3.05) is 20.3 Å². The second-order valence-electron chi connectivity index (χ2n) is 7.05. The molecule has 0 spiro atoms. The first-order chi connectivity index (χ1) is 11.7. The molecule has 3 heteroatoms. The van der Waals surface area contributed by atoms with E-state index in [-0.39, 0.29) is 0 Å². The quantitative estimate of drug-likeness (QED) is 0.478. The molecule has 1 aliphatic carbocycles. The molecule has 0 atom stereocenters. The fourth-order valence-electron chi connectivity index (χ4n) is 2.96. The SMILES string of the molecule is COc1cc(CNCCC2=CCCCC2)ccc1OCCC(C)C. The number of methoxy groups -OCH3 is 1. The molecule has 24 heavy (non-hydrogen) atoms. The fraction of sp³-hybridized carbons (Fsp3) is 0.619. The summed E-state index contributed by atoms with van der Waals surface area (Å²) in [5.74, 6) is 2.32. The molecule has 1 N–H and O–H groups in total. The van der Waals surface area contributed by atoms with Gasteiger partial charge in [0.25, 0.3) is 0 Å². The van der Waals surface area contributed by atoms with Gasteiger partial charge >= 0.3 is 0 Å². The average molecular weight is 332 g/mol. The molecule has 3 nitrogen and oxygen atoms in total. The van der Waals surface area contributed by atoms with E-state index in [0.717, 1.165) is 37.6 Å². The maximum absolute atomic E-state index is 5.85. The largest absolute Gasteiger partial charge is 0.493 e. The number of hydrogen-bond donors (Lipinski definition) is 1. The van der Waals surface area contributed by atoms with Crippen LogP contribution in [0.3, 0.4) is 0 Å². The summed E-state index contributed by atoms with van der Waals surface area (Å²) in [5, 5.41) is 3.54. The Morgan fingerprint density at radius 2 is 2.04 bits per heavy atom. The molecule has 0 saturated carbocycles. The molecule has 2 rings (SSSR count). The maximum Gasteiger partial charge on any atom is 0.161 e. The Morgan fingerprint density at radius 1 is 1.17 bits per heavy atom. The lowest BCUT2D eigenvalue weighted by atomic mass is 9.97. The second kappa shape index (κ2) is 10.4. The summed E-state index contributed by atoms with van der Waals surface area (Å²) >= 11 is 0. The van der Waals surface area contributed by atoms with Gasteiger partial charge in [0.15, 0.2) is 11.5 Å². The van der Waals surface area contributed by atoms with Crippen molar-refractivity contribution in [1.82, 2.24) is 5.32 Å². The van der Waals surface area contributed by atoms with E-state index >= 15 is 0 Å². The van der Waals surface area contributed by atoms with Crippen molar-refractivity contribution < 1.29 is 9.47 Å². The third kappa shape index (κ3) is 6.56. The summed E-state index contributed by atoms with van der Waals surface area (Å²) in [5.41, 5.74) is 2.86. The monoisotopic (exact) mass is 331 g/mol. The lowest BCUT2D eigenvalue weighted by Gasteiger charge is -2.14. The minimum absolute atomic E-state index is 0.652. The molecule has 0 fully saturated rings. The van der Waals surface area contributed by atoms with Crippen molar-refractivity contribution >= 4 is 0 Å². The fourth-order valence-corrected chi connectivity index (χ4v) is 2.96. The first kappa shape index (κ1) is 18.9. The molecular weight excluding hydrogens is 298 g/mol. The van der Waals surface area contributed by atoms with Crippen molar-refractivity contribution in [3.63, 3.8) is 0 Å². The Kier molecular flexibility index (Phi) is 8.17. The van der Waals surface area contributed by atoms with Gasteiger partial charge in [0.05, 0.1) is 13.7 Å². The Morgan fingerprint density at radius 3 is 2.75 bits per heavy atom. The van der Waals surface area contributed by atoms with E-state index in [1.54, 1.807) is 12.7 Å². The van der Waals surface area contributed by atoms with Gasteiger partial charge in [-0.25, -0.2) is 0 Å². The summed E-state index contributed by atoms with van der Waals surface area (Å²) in [7, 11) is 1.71. The van der Waals surface area contributed by atoms with Gasteiger partial charge in [0.2, 0.25) is 0 Å². The van der Waals surface area contributed by atoms with Crippen LogP contribution in [0.2, 0.25) is 0 Å². The molecule has 1 aromatic rings. The van der Waals surface area contributed by atoms with Crippen LogP contribution in [0.5, 0.6) is 11.5 Å². The van der Waals surface area contributed by atoms with Crippen molar-refractivity contribution in [2.24, 2.45) is 5.92 Å². The predicted molar refractivity (Wildman–Crippen MR) is 101 cm³/mol. The third-order valence-corrected chi connectivity index (χ3v) is 4.52. The number of benzene rings is 1. The molecule has 0 unspecified atom stereocenters. The number of nitrogens with one attached hydrogen (secondary N) is 1. The molecule has 0 radical (unpaired) electrons. The van der Waals surface area contributed by atoms with Crippen LogP contribution in [-0.4, -0.2) is 20.3 Å².